The number of morpholine rings is 1. The fourth-order valence-corrected chi connectivity index (χ4v) is 1.45. The van der Waals surface area contributed by atoms with Gasteiger partial charge in [-0.25, -0.2) is 4.79 Å². The predicted octanol–water partition coefficient (Wildman–Crippen LogP) is -0.890. The molecule has 0 saturated carbocycles. The zero-order valence-corrected chi connectivity index (χ0v) is 9.76. The monoisotopic (exact) mass is 246 g/mol. The van der Waals surface area contributed by atoms with Crippen LogP contribution in [0.3, 0.4) is 0 Å². The van der Waals surface area contributed by atoms with Crippen molar-refractivity contribution in [2.45, 2.75) is 13.0 Å². The molecule has 1 heterocycles. The summed E-state index contributed by atoms with van der Waals surface area (Å²) < 4.78 is 5.21. The molecule has 0 bridgehead atoms. The molecule has 2 atom stereocenters. The van der Waals surface area contributed by atoms with Gasteiger partial charge in [-0.05, 0) is 0 Å². The number of carboxylic acids is 1. The molecule has 98 valence electrons. The number of aliphatic hydroxyl groups excluding tert-OH is 1. The van der Waals surface area contributed by atoms with Crippen LogP contribution in [0.2, 0.25) is 0 Å². The molecule has 2 amide bonds. The number of rotatable bonds is 4. The van der Waals surface area contributed by atoms with Crippen molar-refractivity contribution in [3.63, 3.8) is 0 Å². The van der Waals surface area contributed by atoms with Crippen molar-refractivity contribution in [3.05, 3.63) is 0 Å². The molecule has 0 radical (unpaired) electrons. The Balaban J connectivity index is 2.34. The van der Waals surface area contributed by atoms with E-state index in [2.05, 4.69) is 5.32 Å². The van der Waals surface area contributed by atoms with Gasteiger partial charge in [-0.15, -0.1) is 0 Å². The molecule has 7 heteroatoms. The number of aliphatic carboxylic acids is 1. The number of amides is 2. The van der Waals surface area contributed by atoms with Gasteiger partial charge >= 0.3 is 12.0 Å². The third kappa shape index (κ3) is 4.20. The van der Waals surface area contributed by atoms with E-state index < -0.39 is 11.9 Å². The smallest absolute Gasteiger partial charge is 0.317 e. The molecular weight excluding hydrogens is 228 g/mol. The lowest BCUT2D eigenvalue weighted by molar-refractivity contribution is -0.140. The number of aliphatic hydroxyl groups is 1. The Labute approximate surface area is 99.4 Å². The van der Waals surface area contributed by atoms with Crippen LogP contribution in [0, 0.1) is 5.92 Å². The van der Waals surface area contributed by atoms with Crippen LogP contribution in [0.1, 0.15) is 6.92 Å². The standard InChI is InChI=1S/C10H18N2O5/c1-7(9(14)15)4-11-10(16)12-2-3-17-8(5-12)6-13/h7-8,13H,2-6H2,1H3,(H,11,16)(H,14,15). The number of hydrogen-bond acceptors (Lipinski definition) is 4. The highest BCUT2D eigenvalue weighted by Gasteiger charge is 2.24. The lowest BCUT2D eigenvalue weighted by Gasteiger charge is -2.32. The molecule has 17 heavy (non-hydrogen) atoms. The van der Waals surface area contributed by atoms with E-state index in [0.717, 1.165) is 0 Å². The van der Waals surface area contributed by atoms with Crippen LogP contribution in [-0.2, 0) is 9.53 Å². The first-order valence-electron chi connectivity index (χ1n) is 5.52. The number of carbonyl (C=O) groups excluding carboxylic acids is 1. The van der Waals surface area contributed by atoms with Crippen LogP contribution in [0.15, 0.2) is 0 Å². The molecule has 1 aliphatic rings. The summed E-state index contributed by atoms with van der Waals surface area (Å²) in [6.45, 7) is 2.64. The maximum atomic E-state index is 11.7. The van der Waals surface area contributed by atoms with Crippen LogP contribution in [-0.4, -0.2) is 66.1 Å². The minimum absolute atomic E-state index is 0.0926. The summed E-state index contributed by atoms with van der Waals surface area (Å²) in [5.41, 5.74) is 0. The molecule has 0 aromatic rings. The third-order valence-electron chi connectivity index (χ3n) is 2.61. The van der Waals surface area contributed by atoms with Gasteiger partial charge in [-0.2, -0.15) is 0 Å². The number of urea groups is 1. The molecule has 0 aliphatic carbocycles. The molecule has 1 fully saturated rings. The van der Waals surface area contributed by atoms with Crippen molar-refractivity contribution in [1.82, 2.24) is 10.2 Å². The number of nitrogens with zero attached hydrogens (tertiary/aromatic N) is 1. The second kappa shape index (κ2) is 6.41. The third-order valence-corrected chi connectivity index (χ3v) is 2.61. The first kappa shape index (κ1) is 13.7. The molecule has 0 spiro atoms. The minimum Gasteiger partial charge on any atom is -0.481 e. The van der Waals surface area contributed by atoms with Gasteiger partial charge in [0.1, 0.15) is 0 Å². The van der Waals surface area contributed by atoms with E-state index in [-0.39, 0.29) is 25.3 Å². The quantitative estimate of drug-likeness (QED) is 0.597. The van der Waals surface area contributed by atoms with Crippen molar-refractivity contribution >= 4 is 12.0 Å². The normalized spacial score (nSPS) is 22.0. The zero-order valence-electron chi connectivity index (χ0n) is 9.76. The van der Waals surface area contributed by atoms with Crippen molar-refractivity contribution in [3.8, 4) is 0 Å². The molecule has 1 aliphatic heterocycles. The van der Waals surface area contributed by atoms with Crippen LogP contribution >= 0.6 is 0 Å². The Morgan fingerprint density at radius 2 is 2.29 bits per heavy atom. The van der Waals surface area contributed by atoms with Gasteiger partial charge in [0.15, 0.2) is 0 Å². The van der Waals surface area contributed by atoms with E-state index in [1.165, 1.54) is 11.8 Å². The van der Waals surface area contributed by atoms with Crippen molar-refractivity contribution in [2.75, 3.05) is 32.8 Å². The average Bonchev–Trinajstić information content (AvgIpc) is 2.35. The van der Waals surface area contributed by atoms with E-state index in [4.69, 9.17) is 14.9 Å². The molecule has 3 N–H and O–H groups in total. The van der Waals surface area contributed by atoms with Gasteiger partial charge in [-0.1, -0.05) is 6.92 Å². The summed E-state index contributed by atoms with van der Waals surface area (Å²) in [5, 5.41) is 20.1. The number of carbonyl (C=O) groups is 2. The second-order valence-electron chi connectivity index (χ2n) is 4.05. The molecule has 0 aromatic carbocycles. The summed E-state index contributed by atoms with van der Waals surface area (Å²) >= 11 is 0. The lowest BCUT2D eigenvalue weighted by Crippen LogP contribution is -2.51. The Morgan fingerprint density at radius 3 is 2.88 bits per heavy atom. The molecule has 1 rings (SSSR count). The van der Waals surface area contributed by atoms with Crippen LogP contribution < -0.4 is 5.32 Å². The number of carboxylic acid groups (broad SMARTS) is 1. The number of ether oxygens (including phenoxy) is 1. The van der Waals surface area contributed by atoms with E-state index in [9.17, 15) is 9.59 Å². The summed E-state index contributed by atoms with van der Waals surface area (Å²) in [6.07, 6.45) is -0.355. The molecule has 2 unspecified atom stereocenters. The molecule has 0 aromatic heterocycles. The lowest BCUT2D eigenvalue weighted by atomic mass is 10.2. The fourth-order valence-electron chi connectivity index (χ4n) is 1.45. The summed E-state index contributed by atoms with van der Waals surface area (Å²) in [7, 11) is 0. The second-order valence-corrected chi connectivity index (χ2v) is 4.05. The largest absolute Gasteiger partial charge is 0.481 e. The van der Waals surface area contributed by atoms with E-state index in [1.54, 1.807) is 0 Å². The van der Waals surface area contributed by atoms with Crippen LogP contribution in [0.25, 0.3) is 0 Å². The first-order valence-corrected chi connectivity index (χ1v) is 5.52. The Kier molecular flexibility index (Phi) is 5.17. The van der Waals surface area contributed by atoms with E-state index >= 15 is 0 Å². The zero-order chi connectivity index (χ0) is 12.8. The maximum absolute atomic E-state index is 11.7. The highest BCUT2D eigenvalue weighted by Crippen LogP contribution is 2.04. The van der Waals surface area contributed by atoms with E-state index in [0.29, 0.717) is 19.7 Å². The molecular formula is C10H18N2O5. The van der Waals surface area contributed by atoms with Crippen LogP contribution in [0.4, 0.5) is 4.79 Å². The van der Waals surface area contributed by atoms with Crippen LogP contribution in [0.5, 0.6) is 0 Å². The summed E-state index contributed by atoms with van der Waals surface area (Å²) in [5.74, 6) is -1.56. The number of nitrogens with one attached hydrogen (secondary N) is 1. The Morgan fingerprint density at radius 1 is 1.59 bits per heavy atom. The topological polar surface area (TPSA) is 99.1 Å². The predicted molar refractivity (Wildman–Crippen MR) is 58.6 cm³/mol. The van der Waals surface area contributed by atoms with Gasteiger partial charge < -0.3 is 25.2 Å². The maximum Gasteiger partial charge on any atom is 0.317 e. The molecule has 7 nitrogen and oxygen atoms in total. The summed E-state index contributed by atoms with van der Waals surface area (Å²) in [6, 6.07) is -0.320. The van der Waals surface area contributed by atoms with Crippen molar-refractivity contribution in [2.24, 2.45) is 5.92 Å². The minimum atomic E-state index is -0.944. The highest BCUT2D eigenvalue weighted by molar-refractivity contribution is 5.76. The van der Waals surface area contributed by atoms with Gasteiger partial charge in [-0.3, -0.25) is 4.79 Å². The van der Waals surface area contributed by atoms with Crippen molar-refractivity contribution < 1.29 is 24.5 Å². The Hall–Kier alpha value is -1.34. The Bertz CT molecular complexity index is 284. The highest BCUT2D eigenvalue weighted by atomic mass is 16.5. The molecule has 1 saturated heterocycles. The van der Waals surface area contributed by atoms with Gasteiger partial charge in [0.05, 0.1) is 31.8 Å². The van der Waals surface area contributed by atoms with Gasteiger partial charge in [0, 0.05) is 13.1 Å². The van der Waals surface area contributed by atoms with Gasteiger partial charge in [0.25, 0.3) is 0 Å². The SMILES string of the molecule is CC(CNC(=O)N1CCOC(CO)C1)C(=O)O. The number of hydrogen-bond donors (Lipinski definition) is 3. The average molecular weight is 246 g/mol. The summed E-state index contributed by atoms with van der Waals surface area (Å²) in [4.78, 5) is 23.8. The first-order chi connectivity index (χ1) is 8.04. The van der Waals surface area contributed by atoms with Gasteiger partial charge in [0.2, 0.25) is 0 Å². The fraction of sp³-hybridized carbons (Fsp3) is 0.800. The van der Waals surface area contributed by atoms with E-state index in [1.807, 2.05) is 0 Å². The van der Waals surface area contributed by atoms with Crippen molar-refractivity contribution in [1.29, 1.82) is 0 Å².